The van der Waals surface area contributed by atoms with E-state index >= 15 is 0 Å². The lowest BCUT2D eigenvalue weighted by molar-refractivity contribution is -0.130. The Balaban J connectivity index is 5.75. The topological polar surface area (TPSA) is 287 Å². The van der Waals surface area contributed by atoms with Gasteiger partial charge in [0, 0.05) is 50.0 Å². The van der Waals surface area contributed by atoms with E-state index in [-0.39, 0.29) is 70.9 Å². The minimum absolute atomic E-state index is 0.128. The molecule has 0 spiro atoms. The van der Waals surface area contributed by atoms with Crippen LogP contribution in [0, 0.1) is 5.92 Å². The van der Waals surface area contributed by atoms with Crippen LogP contribution < -0.4 is 31.9 Å². The van der Waals surface area contributed by atoms with Gasteiger partial charge in [0.25, 0.3) is 0 Å². The first-order valence-electron chi connectivity index (χ1n) is 22.2. The molecule has 0 aliphatic rings. The molecule has 0 unspecified atom stereocenters. The van der Waals surface area contributed by atoms with Gasteiger partial charge >= 0.3 is 24.4 Å². The van der Waals surface area contributed by atoms with Crippen LogP contribution in [0.5, 0.6) is 0 Å². The summed E-state index contributed by atoms with van der Waals surface area (Å²) in [4.78, 5) is 92.9. The Hall–Kier alpha value is -5.04. The SMILES string of the molecule is CC(C)(C)OC(=O)NCCCC[C@H](NC(=O)OC(C)(C)C)C(=O)C[C@@H](CCCCNC(=O)[C@H](CCCCNC(=O)OC(C)(C)C)NC(=O)OC(C)(C)C)C(=O)NCCOCCN=[N+]=[N-]. The molecule has 0 aromatic heterocycles. The number of ether oxygens (including phenoxy) is 5. The number of carbonyl (C=O) groups is 7. The van der Waals surface area contributed by atoms with E-state index in [0.717, 1.165) is 0 Å². The summed E-state index contributed by atoms with van der Waals surface area (Å²) in [7, 11) is 0. The summed E-state index contributed by atoms with van der Waals surface area (Å²) >= 11 is 0. The molecule has 0 radical (unpaired) electrons. The molecule has 3 atom stereocenters. The van der Waals surface area contributed by atoms with E-state index in [2.05, 4.69) is 41.9 Å². The number of alkyl carbamates (subject to hydrolysis) is 4. The average molecular weight is 914 g/mol. The summed E-state index contributed by atoms with van der Waals surface area (Å²) in [6.07, 6.45) is 0.641. The third-order valence-corrected chi connectivity index (χ3v) is 8.30. The number of hydrogen-bond acceptors (Lipinski definition) is 13. The Labute approximate surface area is 379 Å². The van der Waals surface area contributed by atoms with Crippen molar-refractivity contribution >= 4 is 42.0 Å². The zero-order valence-electron chi connectivity index (χ0n) is 40.5. The van der Waals surface area contributed by atoms with Crippen molar-refractivity contribution in [3.63, 3.8) is 0 Å². The lowest BCUT2D eigenvalue weighted by Crippen LogP contribution is -2.48. The van der Waals surface area contributed by atoms with Crippen LogP contribution >= 0.6 is 0 Å². The first-order valence-corrected chi connectivity index (χ1v) is 22.2. The Bertz CT molecular complexity index is 1510. The molecule has 0 rings (SSSR count). The van der Waals surface area contributed by atoms with Crippen molar-refractivity contribution in [2.45, 2.75) is 182 Å². The van der Waals surface area contributed by atoms with Gasteiger partial charge in [0.2, 0.25) is 11.8 Å². The second kappa shape index (κ2) is 30.2. The van der Waals surface area contributed by atoms with Gasteiger partial charge < -0.3 is 55.6 Å². The van der Waals surface area contributed by atoms with E-state index in [4.69, 9.17) is 29.2 Å². The molecule has 6 amide bonds. The van der Waals surface area contributed by atoms with Gasteiger partial charge in [-0.1, -0.05) is 11.5 Å². The van der Waals surface area contributed by atoms with E-state index < -0.39 is 76.6 Å². The van der Waals surface area contributed by atoms with E-state index in [1.165, 1.54) is 0 Å². The smallest absolute Gasteiger partial charge is 0.408 e. The fourth-order valence-electron chi connectivity index (χ4n) is 5.64. The van der Waals surface area contributed by atoms with Gasteiger partial charge in [0.05, 0.1) is 19.3 Å². The molecule has 0 saturated carbocycles. The molecule has 64 heavy (non-hydrogen) atoms. The van der Waals surface area contributed by atoms with Crippen molar-refractivity contribution < 1.29 is 57.2 Å². The van der Waals surface area contributed by atoms with E-state index in [9.17, 15) is 33.6 Å². The molecule has 21 heteroatoms. The number of carbonyl (C=O) groups excluding carboxylic acids is 7. The summed E-state index contributed by atoms with van der Waals surface area (Å²) in [6.45, 7) is 22.1. The number of hydrogen-bond donors (Lipinski definition) is 6. The van der Waals surface area contributed by atoms with Crippen molar-refractivity contribution in [2.75, 3.05) is 45.9 Å². The first kappa shape index (κ1) is 59.0. The Morgan fingerprint density at radius 2 is 0.906 bits per heavy atom. The molecule has 0 heterocycles. The largest absolute Gasteiger partial charge is 0.444 e. The number of amides is 6. The minimum Gasteiger partial charge on any atom is -0.444 e. The van der Waals surface area contributed by atoms with Gasteiger partial charge in [0.15, 0.2) is 5.78 Å². The highest BCUT2D eigenvalue weighted by molar-refractivity contribution is 5.91. The monoisotopic (exact) mass is 914 g/mol. The molecule has 368 valence electrons. The molecule has 0 bridgehead atoms. The number of azide groups is 1. The Morgan fingerprint density at radius 3 is 1.38 bits per heavy atom. The maximum Gasteiger partial charge on any atom is 0.408 e. The van der Waals surface area contributed by atoms with Gasteiger partial charge in [0.1, 0.15) is 28.4 Å². The van der Waals surface area contributed by atoms with Gasteiger partial charge in [-0.3, -0.25) is 14.4 Å². The van der Waals surface area contributed by atoms with Crippen molar-refractivity contribution in [2.24, 2.45) is 11.0 Å². The molecular weight excluding hydrogens is 835 g/mol. The van der Waals surface area contributed by atoms with E-state index in [1.807, 2.05) is 0 Å². The van der Waals surface area contributed by atoms with Crippen LogP contribution in [0.15, 0.2) is 5.11 Å². The van der Waals surface area contributed by atoms with Crippen LogP contribution in [0.25, 0.3) is 10.4 Å². The number of unbranched alkanes of at least 4 members (excludes halogenated alkanes) is 3. The number of nitrogens with zero attached hydrogens (tertiary/aromatic N) is 3. The van der Waals surface area contributed by atoms with E-state index in [1.54, 1.807) is 83.1 Å². The molecule has 0 aromatic carbocycles. The lowest BCUT2D eigenvalue weighted by Gasteiger charge is -2.24. The summed E-state index contributed by atoms with van der Waals surface area (Å²) in [5.74, 6) is -2.04. The fourth-order valence-corrected chi connectivity index (χ4v) is 5.64. The standard InChI is InChI=1S/C43H79N9O12/c1-40(2,3)61-36(56)47-23-17-14-20-31(50-38(58)63-42(7,8)9)33(53)29-30(34(54)46-25-27-60-28-26-49-52-44)19-13-16-22-45-35(55)32(51-39(59)64-43(10,11)12)21-15-18-24-48-37(57)62-41(4,5)6/h30-32H,13-29H2,1-12H3,(H,45,55)(H,46,54)(H,47,56)(H,48,57)(H,50,58)(H,51,59)/t30-,31+,32+/m1/s1. The number of ketones is 1. The zero-order chi connectivity index (χ0) is 49.0. The van der Waals surface area contributed by atoms with Crippen molar-refractivity contribution in [3.05, 3.63) is 10.4 Å². The van der Waals surface area contributed by atoms with Gasteiger partial charge in [-0.2, -0.15) is 0 Å². The van der Waals surface area contributed by atoms with Crippen molar-refractivity contribution in [1.82, 2.24) is 31.9 Å². The van der Waals surface area contributed by atoms with Crippen LogP contribution in [-0.4, -0.2) is 122 Å². The van der Waals surface area contributed by atoms with Crippen LogP contribution in [0.4, 0.5) is 19.2 Å². The fraction of sp³-hybridized carbons (Fsp3) is 0.837. The van der Waals surface area contributed by atoms with Gasteiger partial charge in [-0.25, -0.2) is 19.2 Å². The highest BCUT2D eigenvalue weighted by atomic mass is 16.6. The third-order valence-electron chi connectivity index (χ3n) is 8.30. The third kappa shape index (κ3) is 34.4. The highest BCUT2D eigenvalue weighted by Gasteiger charge is 2.30. The lowest BCUT2D eigenvalue weighted by atomic mass is 9.91. The summed E-state index contributed by atoms with van der Waals surface area (Å²) < 4.78 is 26.7. The van der Waals surface area contributed by atoms with Crippen molar-refractivity contribution in [3.8, 4) is 0 Å². The predicted molar refractivity (Wildman–Crippen MR) is 240 cm³/mol. The molecule has 0 aliphatic heterocycles. The van der Waals surface area contributed by atoms with Gasteiger partial charge in [-0.15, -0.1) is 0 Å². The molecule has 0 aromatic rings. The quantitative estimate of drug-likeness (QED) is 0.0162. The second-order valence-corrected chi connectivity index (χ2v) is 19.3. The summed E-state index contributed by atoms with van der Waals surface area (Å²) in [5, 5.41) is 19.7. The van der Waals surface area contributed by atoms with Crippen molar-refractivity contribution in [1.29, 1.82) is 0 Å². The second-order valence-electron chi connectivity index (χ2n) is 19.3. The zero-order valence-corrected chi connectivity index (χ0v) is 40.5. The minimum atomic E-state index is -0.988. The Kier molecular flexibility index (Phi) is 27.8. The van der Waals surface area contributed by atoms with Gasteiger partial charge in [-0.05, 0) is 140 Å². The molecule has 0 aliphatic carbocycles. The highest BCUT2D eigenvalue weighted by Crippen LogP contribution is 2.18. The molecule has 6 N–H and O–H groups in total. The number of Topliss-reactive ketones (excluding diaryl/α,β-unsaturated/α-hetero) is 1. The summed E-state index contributed by atoms with van der Waals surface area (Å²) in [6, 6.07) is -1.92. The van der Waals surface area contributed by atoms with Crippen LogP contribution in [0.2, 0.25) is 0 Å². The predicted octanol–water partition coefficient (Wildman–Crippen LogP) is 6.47. The Morgan fingerprint density at radius 1 is 0.500 bits per heavy atom. The molecule has 0 saturated heterocycles. The first-order chi connectivity index (χ1) is 29.6. The summed E-state index contributed by atoms with van der Waals surface area (Å²) in [5.41, 5.74) is 5.53. The molecule has 0 fully saturated rings. The number of rotatable bonds is 28. The molecular formula is C43H79N9O12. The van der Waals surface area contributed by atoms with E-state index in [0.29, 0.717) is 45.1 Å². The number of nitrogens with one attached hydrogen (secondary N) is 6. The van der Waals surface area contributed by atoms with Crippen LogP contribution in [-0.2, 0) is 38.1 Å². The van der Waals surface area contributed by atoms with Crippen LogP contribution in [0.3, 0.4) is 0 Å². The average Bonchev–Trinajstić information content (AvgIpc) is 3.12. The molecule has 21 nitrogen and oxygen atoms in total. The normalized spacial score (nSPS) is 13.1. The maximum atomic E-state index is 13.9. The maximum absolute atomic E-state index is 13.9. The van der Waals surface area contributed by atoms with Crippen LogP contribution in [0.1, 0.15) is 147 Å².